The van der Waals surface area contributed by atoms with Crippen LogP contribution in [-0.4, -0.2) is 32.8 Å². The molecule has 1 aromatic rings. The maximum Gasteiger partial charge on any atom is 0.168 e. The molecule has 4 nitrogen and oxygen atoms in total. The molecule has 0 aliphatic carbocycles. The minimum Gasteiger partial charge on any atom is -0.494 e. The molecule has 0 saturated carbocycles. The van der Waals surface area contributed by atoms with E-state index in [4.69, 9.17) is 4.74 Å². The summed E-state index contributed by atoms with van der Waals surface area (Å²) in [6, 6.07) is 4.60. The van der Waals surface area contributed by atoms with Crippen LogP contribution in [0.4, 0.5) is 4.39 Å². The highest BCUT2D eigenvalue weighted by molar-refractivity contribution is 7.91. The number of ketones is 1. The summed E-state index contributed by atoms with van der Waals surface area (Å²) < 4.78 is 41.4. The third-order valence-corrected chi connectivity index (χ3v) is 5.08. The molecule has 0 N–H and O–H groups in total. The predicted octanol–water partition coefficient (Wildman–Crippen LogP) is 1.38. The molecule has 2 rings (SSSR count). The fraction of sp³-hybridized carbons (Fsp3) is 0.462. The smallest absolute Gasteiger partial charge is 0.168 e. The molecule has 1 fully saturated rings. The first-order valence-corrected chi connectivity index (χ1v) is 7.79. The Kier molecular flexibility index (Phi) is 3.89. The second kappa shape index (κ2) is 5.28. The van der Waals surface area contributed by atoms with Crippen LogP contribution in [0.1, 0.15) is 12.0 Å². The van der Waals surface area contributed by atoms with Crippen LogP contribution >= 0.6 is 0 Å². The van der Waals surface area contributed by atoms with Gasteiger partial charge in [0.15, 0.2) is 21.4 Å². The van der Waals surface area contributed by atoms with Crippen LogP contribution in [0.15, 0.2) is 18.2 Å². The zero-order valence-electron chi connectivity index (χ0n) is 10.6. The maximum atomic E-state index is 13.9. The molecule has 1 aliphatic heterocycles. The summed E-state index contributed by atoms with van der Waals surface area (Å²) in [6.07, 6.45) is 0.246. The van der Waals surface area contributed by atoms with Crippen molar-refractivity contribution in [3.63, 3.8) is 0 Å². The largest absolute Gasteiger partial charge is 0.494 e. The minimum atomic E-state index is -3.09. The molecular weight excluding hydrogens is 271 g/mol. The number of hydrogen-bond acceptors (Lipinski definition) is 4. The molecule has 1 atom stereocenters. The normalized spacial score (nSPS) is 21.3. The van der Waals surface area contributed by atoms with Gasteiger partial charge in [-0.3, -0.25) is 4.79 Å². The van der Waals surface area contributed by atoms with Crippen molar-refractivity contribution in [1.29, 1.82) is 0 Å². The summed E-state index contributed by atoms with van der Waals surface area (Å²) in [4.78, 5) is 12.0. The van der Waals surface area contributed by atoms with Gasteiger partial charge < -0.3 is 4.74 Å². The van der Waals surface area contributed by atoms with E-state index in [1.54, 1.807) is 6.07 Å². The lowest BCUT2D eigenvalue weighted by Gasteiger charge is -2.09. The molecule has 1 aliphatic rings. The van der Waals surface area contributed by atoms with Crippen LogP contribution in [0.3, 0.4) is 0 Å². The topological polar surface area (TPSA) is 60.4 Å². The fourth-order valence-electron chi connectivity index (χ4n) is 2.23. The molecular formula is C13H15FO4S. The summed E-state index contributed by atoms with van der Waals surface area (Å²) in [6.45, 7) is 0. The summed E-state index contributed by atoms with van der Waals surface area (Å²) in [5.74, 6) is -1.27. The van der Waals surface area contributed by atoms with Crippen molar-refractivity contribution in [1.82, 2.24) is 0 Å². The van der Waals surface area contributed by atoms with Crippen LogP contribution in [0.5, 0.6) is 5.75 Å². The van der Waals surface area contributed by atoms with Crippen molar-refractivity contribution in [2.75, 3.05) is 18.6 Å². The highest BCUT2D eigenvalue weighted by Gasteiger charge is 2.33. The third kappa shape index (κ3) is 3.12. The van der Waals surface area contributed by atoms with E-state index in [0.29, 0.717) is 6.42 Å². The third-order valence-electron chi connectivity index (χ3n) is 3.32. The second-order valence-electron chi connectivity index (χ2n) is 4.68. The Labute approximate surface area is 111 Å². The molecule has 1 saturated heterocycles. The average Bonchev–Trinajstić information content (AvgIpc) is 2.72. The van der Waals surface area contributed by atoms with Gasteiger partial charge in [-0.15, -0.1) is 0 Å². The molecule has 0 radical (unpaired) electrons. The first-order valence-electron chi connectivity index (χ1n) is 5.97. The molecule has 0 bridgehead atoms. The van der Waals surface area contributed by atoms with Crippen LogP contribution in [0, 0.1) is 11.7 Å². The molecule has 0 amide bonds. The van der Waals surface area contributed by atoms with E-state index in [0.717, 1.165) is 0 Å². The van der Waals surface area contributed by atoms with Gasteiger partial charge in [0.25, 0.3) is 0 Å². The van der Waals surface area contributed by atoms with Gasteiger partial charge in [-0.05, 0) is 18.1 Å². The lowest BCUT2D eigenvalue weighted by molar-refractivity contribution is -0.121. The Balaban J connectivity index is 2.12. The van der Waals surface area contributed by atoms with Crippen LogP contribution in [0.25, 0.3) is 0 Å². The number of methoxy groups -OCH3 is 1. The van der Waals surface area contributed by atoms with Crippen molar-refractivity contribution >= 4 is 15.6 Å². The quantitative estimate of drug-likeness (QED) is 0.839. The number of rotatable bonds is 4. The zero-order valence-corrected chi connectivity index (χ0v) is 11.4. The van der Waals surface area contributed by atoms with Gasteiger partial charge in [-0.25, -0.2) is 12.8 Å². The molecule has 0 spiro atoms. The number of sulfone groups is 1. The summed E-state index contributed by atoms with van der Waals surface area (Å²) in [5, 5.41) is 0. The highest BCUT2D eigenvalue weighted by Crippen LogP contribution is 2.24. The van der Waals surface area contributed by atoms with Crippen molar-refractivity contribution in [2.24, 2.45) is 5.92 Å². The van der Waals surface area contributed by atoms with Gasteiger partial charge in [0.1, 0.15) is 5.78 Å². The standard InChI is InChI=1S/C13H15FO4S/c1-18-12-4-2-3-9(13(12)14)7-11(15)10-5-6-19(16,17)8-10/h2-4,10H,5-8H2,1H3. The zero-order chi connectivity index (χ0) is 14.0. The number of ether oxygens (including phenoxy) is 1. The highest BCUT2D eigenvalue weighted by atomic mass is 32.2. The lowest BCUT2D eigenvalue weighted by Crippen LogP contribution is -2.18. The molecule has 6 heteroatoms. The Morgan fingerprint density at radius 2 is 2.21 bits per heavy atom. The number of halogens is 1. The molecule has 1 heterocycles. The molecule has 19 heavy (non-hydrogen) atoms. The Hall–Kier alpha value is -1.43. The fourth-order valence-corrected chi connectivity index (χ4v) is 4.01. The second-order valence-corrected chi connectivity index (χ2v) is 6.91. The summed E-state index contributed by atoms with van der Waals surface area (Å²) in [5.41, 5.74) is 0.244. The van der Waals surface area contributed by atoms with Crippen molar-refractivity contribution in [3.8, 4) is 5.75 Å². The number of hydrogen-bond donors (Lipinski definition) is 0. The van der Waals surface area contributed by atoms with Gasteiger partial charge >= 0.3 is 0 Å². The lowest BCUT2D eigenvalue weighted by atomic mass is 9.97. The Bertz CT molecular complexity index is 595. The summed E-state index contributed by atoms with van der Waals surface area (Å²) >= 11 is 0. The van der Waals surface area contributed by atoms with Crippen LogP contribution < -0.4 is 4.74 Å². The van der Waals surface area contributed by atoms with Gasteiger partial charge in [0.05, 0.1) is 18.6 Å². The van der Waals surface area contributed by atoms with E-state index in [1.807, 2.05) is 0 Å². The van der Waals surface area contributed by atoms with E-state index < -0.39 is 21.6 Å². The van der Waals surface area contributed by atoms with Gasteiger partial charge in [0.2, 0.25) is 0 Å². The predicted molar refractivity (Wildman–Crippen MR) is 68.4 cm³/mol. The number of carbonyl (C=O) groups is 1. The van der Waals surface area contributed by atoms with Gasteiger partial charge in [-0.2, -0.15) is 0 Å². The van der Waals surface area contributed by atoms with Crippen molar-refractivity contribution < 1.29 is 22.3 Å². The minimum absolute atomic E-state index is 0.0456. The molecule has 1 aromatic carbocycles. The molecule has 1 unspecified atom stereocenters. The first-order chi connectivity index (χ1) is 8.93. The number of Topliss-reactive ketones (excluding diaryl/α,β-unsaturated/α-hetero) is 1. The SMILES string of the molecule is COc1cccc(CC(=O)C2CCS(=O)(=O)C2)c1F. The monoisotopic (exact) mass is 286 g/mol. The van der Waals surface area contributed by atoms with Crippen LogP contribution in [0.2, 0.25) is 0 Å². The van der Waals surface area contributed by atoms with Gasteiger partial charge in [-0.1, -0.05) is 12.1 Å². The van der Waals surface area contributed by atoms with E-state index in [-0.39, 0.29) is 35.0 Å². The molecule has 0 aromatic heterocycles. The number of benzene rings is 1. The Morgan fingerprint density at radius 3 is 2.79 bits per heavy atom. The van der Waals surface area contributed by atoms with E-state index >= 15 is 0 Å². The van der Waals surface area contributed by atoms with Crippen molar-refractivity contribution in [2.45, 2.75) is 12.8 Å². The van der Waals surface area contributed by atoms with Crippen LogP contribution in [-0.2, 0) is 21.1 Å². The van der Waals surface area contributed by atoms with E-state index in [2.05, 4.69) is 0 Å². The van der Waals surface area contributed by atoms with E-state index in [1.165, 1.54) is 19.2 Å². The average molecular weight is 286 g/mol. The van der Waals surface area contributed by atoms with Gasteiger partial charge in [0, 0.05) is 12.3 Å². The van der Waals surface area contributed by atoms with E-state index in [9.17, 15) is 17.6 Å². The first kappa shape index (κ1) is 14.0. The maximum absolute atomic E-state index is 13.9. The Morgan fingerprint density at radius 1 is 1.47 bits per heavy atom. The number of carbonyl (C=O) groups excluding carboxylic acids is 1. The van der Waals surface area contributed by atoms with Crippen molar-refractivity contribution in [3.05, 3.63) is 29.6 Å². The molecule has 104 valence electrons. The summed E-state index contributed by atoms with van der Waals surface area (Å²) in [7, 11) is -1.74.